The number of rotatable bonds is 8. The van der Waals surface area contributed by atoms with E-state index in [0.29, 0.717) is 62.1 Å². The summed E-state index contributed by atoms with van der Waals surface area (Å²) in [4.78, 5) is 12.0. The summed E-state index contributed by atoms with van der Waals surface area (Å²) in [5, 5.41) is 24.7. The molecule has 10 atom stereocenters. The van der Waals surface area contributed by atoms with Gasteiger partial charge in [0.25, 0.3) is 0 Å². The molecule has 6 aliphatic carbocycles. The standard InChI is InChI=1S/C42H64FNO4/c1-27(2)29-12-19-42(44-23-22-41(47)25-48-26-41)21-20-38(6)31(34(29)42)8-9-33-37(5)15-13-30(36(3,4)32(37)14-16-39(33,38)7)28-10-17-40(24-43,18-11-28)35(45)46/h10,13,29,31-34,44,47H,1,8-9,11-12,14-26H2,2-7H3,(H,45,46)/t29-,31+,32-,33?,34+,37-,38+,39+,40?,42-/m0/s1. The van der Waals surface area contributed by atoms with Crippen LogP contribution < -0.4 is 5.32 Å². The first-order valence-electron chi connectivity index (χ1n) is 19.4. The highest BCUT2D eigenvalue weighted by atomic mass is 19.1. The second-order valence-corrected chi connectivity index (χ2v) is 19.4. The van der Waals surface area contributed by atoms with Crippen LogP contribution in [0.3, 0.4) is 0 Å². The molecule has 1 heterocycles. The third kappa shape index (κ3) is 4.80. The Hall–Kier alpha value is -1.50. The van der Waals surface area contributed by atoms with Crippen LogP contribution >= 0.6 is 0 Å². The Morgan fingerprint density at radius 1 is 0.958 bits per heavy atom. The molecule has 0 radical (unpaired) electrons. The molecule has 3 N–H and O–H groups in total. The lowest BCUT2D eigenvalue weighted by molar-refractivity contribution is -0.221. The summed E-state index contributed by atoms with van der Waals surface area (Å²) in [7, 11) is 0. The molecule has 0 spiro atoms. The normalized spacial score (nSPS) is 47.3. The molecule has 5 nitrogen and oxygen atoms in total. The van der Waals surface area contributed by atoms with Crippen LogP contribution in [-0.2, 0) is 9.53 Å². The zero-order valence-electron chi connectivity index (χ0n) is 30.9. The fourth-order valence-electron chi connectivity index (χ4n) is 14.1. The van der Waals surface area contributed by atoms with Gasteiger partial charge in [0.15, 0.2) is 0 Å². The molecule has 0 amide bonds. The van der Waals surface area contributed by atoms with Crippen LogP contribution in [0.25, 0.3) is 0 Å². The lowest BCUT2D eigenvalue weighted by Crippen LogP contribution is -2.68. The first kappa shape index (κ1) is 34.9. The van der Waals surface area contributed by atoms with Crippen molar-refractivity contribution < 1.29 is 24.1 Å². The molecule has 6 heteroatoms. The van der Waals surface area contributed by atoms with E-state index in [9.17, 15) is 19.4 Å². The number of allylic oxidation sites excluding steroid dienone is 5. The third-order valence-electron chi connectivity index (χ3n) is 17.1. The Morgan fingerprint density at radius 2 is 1.71 bits per heavy atom. The van der Waals surface area contributed by atoms with Gasteiger partial charge in [-0.25, -0.2) is 4.39 Å². The largest absolute Gasteiger partial charge is 0.481 e. The summed E-state index contributed by atoms with van der Waals surface area (Å²) < 4.78 is 19.3. The van der Waals surface area contributed by atoms with E-state index >= 15 is 0 Å². The molecule has 0 aromatic carbocycles. The smallest absolute Gasteiger partial charge is 0.312 e. The number of hydrogen-bond donors (Lipinski definition) is 3. The van der Waals surface area contributed by atoms with Crippen molar-refractivity contribution >= 4 is 5.97 Å². The summed E-state index contributed by atoms with van der Waals surface area (Å²) in [6, 6.07) is 0. The number of aliphatic hydroxyl groups is 1. The van der Waals surface area contributed by atoms with Gasteiger partial charge in [0.05, 0.1) is 18.6 Å². The highest BCUT2D eigenvalue weighted by Crippen LogP contribution is 2.76. The fourth-order valence-corrected chi connectivity index (χ4v) is 14.1. The van der Waals surface area contributed by atoms with Crippen LogP contribution in [0.2, 0.25) is 0 Å². The van der Waals surface area contributed by atoms with Crippen LogP contribution in [0.15, 0.2) is 35.5 Å². The van der Waals surface area contributed by atoms with E-state index < -0.39 is 23.7 Å². The van der Waals surface area contributed by atoms with Crippen molar-refractivity contribution in [3.8, 4) is 0 Å². The lowest BCUT2D eigenvalue weighted by atomic mass is 9.33. The molecule has 1 saturated heterocycles. The quantitative estimate of drug-likeness (QED) is 0.226. The molecule has 7 rings (SSSR count). The Balaban J connectivity index is 1.16. The van der Waals surface area contributed by atoms with Gasteiger partial charge in [-0.2, -0.15) is 0 Å². The molecule has 268 valence electrons. The molecular formula is C42H64FNO4. The zero-order chi connectivity index (χ0) is 34.5. The summed E-state index contributed by atoms with van der Waals surface area (Å²) in [5.74, 6) is 2.05. The predicted octanol–water partition coefficient (Wildman–Crippen LogP) is 8.82. The van der Waals surface area contributed by atoms with Crippen molar-refractivity contribution in [1.82, 2.24) is 5.32 Å². The second-order valence-electron chi connectivity index (χ2n) is 19.4. The molecule has 0 aromatic rings. The number of alkyl halides is 1. The van der Waals surface area contributed by atoms with Gasteiger partial charge in [0.2, 0.25) is 0 Å². The third-order valence-corrected chi connectivity index (χ3v) is 17.1. The van der Waals surface area contributed by atoms with Gasteiger partial charge in [-0.15, -0.1) is 0 Å². The minimum Gasteiger partial charge on any atom is -0.481 e. The van der Waals surface area contributed by atoms with E-state index in [2.05, 4.69) is 65.6 Å². The van der Waals surface area contributed by atoms with E-state index in [1.807, 2.05) is 0 Å². The summed E-state index contributed by atoms with van der Waals surface area (Å²) in [6.07, 6.45) is 17.8. The lowest BCUT2D eigenvalue weighted by Gasteiger charge is -2.72. The second kappa shape index (κ2) is 11.5. The van der Waals surface area contributed by atoms with Gasteiger partial charge in [-0.1, -0.05) is 58.9 Å². The Labute approximate surface area is 289 Å². The van der Waals surface area contributed by atoms with Gasteiger partial charge in [-0.3, -0.25) is 4.79 Å². The first-order chi connectivity index (χ1) is 22.5. The topological polar surface area (TPSA) is 78.8 Å². The monoisotopic (exact) mass is 665 g/mol. The van der Waals surface area contributed by atoms with Crippen molar-refractivity contribution in [2.45, 2.75) is 136 Å². The average molecular weight is 666 g/mol. The van der Waals surface area contributed by atoms with Crippen molar-refractivity contribution in [1.29, 1.82) is 0 Å². The maximum atomic E-state index is 13.9. The number of hydrogen-bond acceptors (Lipinski definition) is 4. The zero-order valence-corrected chi connectivity index (χ0v) is 30.9. The van der Waals surface area contributed by atoms with E-state index in [0.717, 1.165) is 19.4 Å². The van der Waals surface area contributed by atoms with Crippen LogP contribution in [0.4, 0.5) is 4.39 Å². The molecule has 1 aliphatic heterocycles. The maximum absolute atomic E-state index is 13.9. The van der Waals surface area contributed by atoms with E-state index in [-0.39, 0.29) is 27.2 Å². The molecule has 0 bridgehead atoms. The van der Waals surface area contributed by atoms with Gasteiger partial charge in [-0.05, 0) is 159 Å². The molecule has 5 fully saturated rings. The summed E-state index contributed by atoms with van der Waals surface area (Å²) >= 11 is 0. The number of nitrogens with one attached hydrogen (secondary N) is 1. The molecular weight excluding hydrogens is 601 g/mol. The van der Waals surface area contributed by atoms with Crippen molar-refractivity contribution in [3.63, 3.8) is 0 Å². The number of carbonyl (C=O) groups is 1. The highest BCUT2D eigenvalue weighted by Gasteiger charge is 2.70. The Morgan fingerprint density at radius 3 is 2.31 bits per heavy atom. The van der Waals surface area contributed by atoms with E-state index in [4.69, 9.17) is 4.74 Å². The Bertz CT molecular complexity index is 1400. The molecule has 4 saturated carbocycles. The SMILES string of the molecule is C=C(C)[C@@H]1CC[C@]2(NCCC3(O)COC3)CC[C@]3(C)[C@H](CCC4[C@@]5(C)CC=C(C6=CCC(CF)(C(=O)O)CC6)C(C)(C)[C@@H]5CC[C@]43C)[C@@H]12. The number of carboxylic acids is 1. The van der Waals surface area contributed by atoms with Crippen molar-refractivity contribution in [3.05, 3.63) is 35.5 Å². The Kier molecular flexibility index (Phi) is 8.37. The molecule has 0 aromatic heterocycles. The van der Waals surface area contributed by atoms with Crippen molar-refractivity contribution in [2.24, 2.45) is 56.7 Å². The van der Waals surface area contributed by atoms with Crippen LogP contribution in [0.5, 0.6) is 0 Å². The average Bonchev–Trinajstić information content (AvgIpc) is 3.40. The summed E-state index contributed by atoms with van der Waals surface area (Å²) in [6.45, 7) is 20.8. The van der Waals surface area contributed by atoms with Gasteiger partial charge in [0, 0.05) is 5.54 Å². The van der Waals surface area contributed by atoms with E-state index in [1.54, 1.807) is 0 Å². The summed E-state index contributed by atoms with van der Waals surface area (Å²) in [5.41, 5.74) is 3.02. The minimum atomic E-state index is -1.25. The van der Waals surface area contributed by atoms with Gasteiger partial charge in [0.1, 0.15) is 12.3 Å². The fraction of sp³-hybridized carbons (Fsp3) is 0.833. The highest BCUT2D eigenvalue weighted by molar-refractivity contribution is 5.75. The number of fused-ring (bicyclic) bond motifs is 7. The number of aliphatic carboxylic acids is 1. The van der Waals surface area contributed by atoms with Crippen LogP contribution in [0.1, 0.15) is 125 Å². The molecule has 2 unspecified atom stereocenters. The molecule has 48 heavy (non-hydrogen) atoms. The first-order valence-corrected chi connectivity index (χ1v) is 19.4. The van der Waals surface area contributed by atoms with Crippen LogP contribution in [0, 0.1) is 56.7 Å². The van der Waals surface area contributed by atoms with Crippen LogP contribution in [-0.4, -0.2) is 53.8 Å². The number of ether oxygens (including phenoxy) is 1. The van der Waals surface area contributed by atoms with Gasteiger partial charge >= 0.3 is 5.97 Å². The molecule has 7 aliphatic rings. The van der Waals surface area contributed by atoms with Crippen molar-refractivity contribution in [2.75, 3.05) is 26.4 Å². The van der Waals surface area contributed by atoms with Gasteiger partial charge < -0.3 is 20.3 Å². The number of carboxylic acid groups (broad SMARTS) is 1. The minimum absolute atomic E-state index is 0.00542. The predicted molar refractivity (Wildman–Crippen MR) is 189 cm³/mol. The number of halogens is 1. The maximum Gasteiger partial charge on any atom is 0.312 e. The van der Waals surface area contributed by atoms with E-state index in [1.165, 1.54) is 68.1 Å².